The number of benzene rings is 1. The van der Waals surface area contributed by atoms with E-state index in [1.807, 2.05) is 31.2 Å². The van der Waals surface area contributed by atoms with Crippen LogP contribution in [-0.2, 0) is 9.53 Å². The highest BCUT2D eigenvalue weighted by Gasteiger charge is 2.03. The lowest BCUT2D eigenvalue weighted by Gasteiger charge is -2.09. The van der Waals surface area contributed by atoms with Gasteiger partial charge in [0.15, 0.2) is 0 Å². The number of anilines is 1. The number of ether oxygens (including phenoxy) is 1. The number of nitrogens with one attached hydrogen (secondary N) is 2. The van der Waals surface area contributed by atoms with E-state index in [1.165, 1.54) is 0 Å². The lowest BCUT2D eigenvalue weighted by atomic mass is 10.2. The van der Waals surface area contributed by atoms with E-state index in [-0.39, 0.29) is 5.91 Å². The molecule has 0 saturated carbocycles. The highest BCUT2D eigenvalue weighted by Crippen LogP contribution is 2.12. The lowest BCUT2D eigenvalue weighted by Crippen LogP contribution is -2.29. The Morgan fingerprint density at radius 1 is 1.30 bits per heavy atom. The molecule has 20 heavy (non-hydrogen) atoms. The summed E-state index contributed by atoms with van der Waals surface area (Å²) in [6, 6.07) is 7.77. The maximum absolute atomic E-state index is 11.7. The van der Waals surface area contributed by atoms with Crippen molar-refractivity contribution >= 4 is 11.6 Å². The van der Waals surface area contributed by atoms with Crippen molar-refractivity contribution in [1.29, 1.82) is 0 Å². The van der Waals surface area contributed by atoms with Crippen LogP contribution >= 0.6 is 0 Å². The standard InChI is InChI=1S/C16H26N2O2/c1-13(2)12-20-10-6-9-17-11-16(19)18-15-8-5-4-7-14(15)3/h4-5,7-8,13,17H,6,9-12H2,1-3H3,(H,18,19). The van der Waals surface area contributed by atoms with Gasteiger partial charge in [0, 0.05) is 18.9 Å². The molecule has 112 valence electrons. The first-order chi connectivity index (χ1) is 9.59. The number of hydrogen-bond donors (Lipinski definition) is 2. The third-order valence-electron chi connectivity index (χ3n) is 2.80. The molecule has 0 heterocycles. The molecule has 0 aliphatic carbocycles. The van der Waals surface area contributed by atoms with Crippen LogP contribution in [0.4, 0.5) is 5.69 Å². The van der Waals surface area contributed by atoms with E-state index < -0.39 is 0 Å². The Morgan fingerprint density at radius 2 is 2.05 bits per heavy atom. The molecule has 1 aromatic rings. The molecule has 2 N–H and O–H groups in total. The van der Waals surface area contributed by atoms with E-state index in [2.05, 4.69) is 24.5 Å². The summed E-state index contributed by atoms with van der Waals surface area (Å²) >= 11 is 0. The Labute approximate surface area is 121 Å². The van der Waals surface area contributed by atoms with Crippen LogP contribution in [0, 0.1) is 12.8 Å². The lowest BCUT2D eigenvalue weighted by molar-refractivity contribution is -0.115. The van der Waals surface area contributed by atoms with Gasteiger partial charge in [-0.3, -0.25) is 4.79 Å². The molecule has 1 aromatic carbocycles. The summed E-state index contributed by atoms with van der Waals surface area (Å²) in [5.41, 5.74) is 1.95. The normalized spacial score (nSPS) is 10.8. The monoisotopic (exact) mass is 278 g/mol. The zero-order valence-corrected chi connectivity index (χ0v) is 12.7. The van der Waals surface area contributed by atoms with Crippen LogP contribution in [-0.4, -0.2) is 32.2 Å². The molecular weight excluding hydrogens is 252 g/mol. The molecule has 0 unspecified atom stereocenters. The van der Waals surface area contributed by atoms with Gasteiger partial charge in [-0.05, 0) is 37.4 Å². The first-order valence-corrected chi connectivity index (χ1v) is 7.23. The number of amides is 1. The van der Waals surface area contributed by atoms with Gasteiger partial charge in [-0.2, -0.15) is 0 Å². The highest BCUT2D eigenvalue weighted by atomic mass is 16.5. The van der Waals surface area contributed by atoms with E-state index in [9.17, 15) is 4.79 Å². The summed E-state index contributed by atoms with van der Waals surface area (Å²) in [6.45, 7) is 8.91. The average molecular weight is 278 g/mol. The predicted octanol–water partition coefficient (Wildman–Crippen LogP) is 2.59. The summed E-state index contributed by atoms with van der Waals surface area (Å²) in [7, 11) is 0. The second-order valence-corrected chi connectivity index (χ2v) is 5.36. The molecule has 4 heteroatoms. The minimum Gasteiger partial charge on any atom is -0.381 e. The molecule has 0 saturated heterocycles. The number of carbonyl (C=O) groups excluding carboxylic acids is 1. The van der Waals surface area contributed by atoms with Gasteiger partial charge >= 0.3 is 0 Å². The fourth-order valence-corrected chi connectivity index (χ4v) is 1.73. The number of aryl methyl sites for hydroxylation is 1. The molecule has 4 nitrogen and oxygen atoms in total. The molecule has 0 spiro atoms. The summed E-state index contributed by atoms with van der Waals surface area (Å²) in [5.74, 6) is 0.560. The van der Waals surface area contributed by atoms with Crippen LogP contribution in [0.3, 0.4) is 0 Å². The second kappa shape index (κ2) is 9.50. The van der Waals surface area contributed by atoms with Gasteiger partial charge in [-0.1, -0.05) is 32.0 Å². The maximum atomic E-state index is 11.7. The van der Waals surface area contributed by atoms with Crippen molar-refractivity contribution in [2.45, 2.75) is 27.2 Å². The minimum atomic E-state index is -0.0117. The van der Waals surface area contributed by atoms with E-state index >= 15 is 0 Å². The van der Waals surface area contributed by atoms with Crippen molar-refractivity contribution < 1.29 is 9.53 Å². The first-order valence-electron chi connectivity index (χ1n) is 7.23. The molecule has 0 aliphatic rings. The Hall–Kier alpha value is -1.39. The molecule has 1 amide bonds. The first kappa shape index (κ1) is 16.7. The van der Waals surface area contributed by atoms with Crippen LogP contribution in [0.1, 0.15) is 25.8 Å². The van der Waals surface area contributed by atoms with Gasteiger partial charge in [0.05, 0.1) is 6.54 Å². The van der Waals surface area contributed by atoms with Crippen LogP contribution < -0.4 is 10.6 Å². The summed E-state index contributed by atoms with van der Waals surface area (Å²) in [4.78, 5) is 11.7. The van der Waals surface area contributed by atoms with E-state index in [4.69, 9.17) is 4.74 Å². The van der Waals surface area contributed by atoms with Crippen LogP contribution in [0.2, 0.25) is 0 Å². The topological polar surface area (TPSA) is 50.4 Å². The zero-order valence-electron chi connectivity index (χ0n) is 12.7. The molecule has 0 radical (unpaired) electrons. The van der Waals surface area contributed by atoms with Crippen molar-refractivity contribution in [1.82, 2.24) is 5.32 Å². The van der Waals surface area contributed by atoms with E-state index in [0.717, 1.165) is 37.4 Å². The third-order valence-corrected chi connectivity index (χ3v) is 2.80. The molecule has 0 atom stereocenters. The van der Waals surface area contributed by atoms with Gasteiger partial charge < -0.3 is 15.4 Å². The van der Waals surface area contributed by atoms with Crippen molar-refractivity contribution in [2.24, 2.45) is 5.92 Å². The van der Waals surface area contributed by atoms with Crippen molar-refractivity contribution in [3.63, 3.8) is 0 Å². The molecule has 0 aromatic heterocycles. The summed E-state index contributed by atoms with van der Waals surface area (Å²) < 4.78 is 5.47. The zero-order chi connectivity index (χ0) is 14.8. The van der Waals surface area contributed by atoms with Gasteiger partial charge in [0.2, 0.25) is 5.91 Å². The number of hydrogen-bond acceptors (Lipinski definition) is 3. The highest BCUT2D eigenvalue weighted by molar-refractivity contribution is 5.92. The smallest absolute Gasteiger partial charge is 0.238 e. The van der Waals surface area contributed by atoms with Crippen LogP contribution in [0.15, 0.2) is 24.3 Å². The van der Waals surface area contributed by atoms with Crippen LogP contribution in [0.25, 0.3) is 0 Å². The SMILES string of the molecule is Cc1ccccc1NC(=O)CNCCCOCC(C)C. The Balaban J connectivity index is 2.08. The van der Waals surface area contributed by atoms with E-state index in [1.54, 1.807) is 0 Å². The van der Waals surface area contributed by atoms with Gasteiger partial charge in [0.1, 0.15) is 0 Å². The molecule has 0 aliphatic heterocycles. The van der Waals surface area contributed by atoms with Crippen molar-refractivity contribution in [3.8, 4) is 0 Å². The van der Waals surface area contributed by atoms with Gasteiger partial charge in [-0.15, -0.1) is 0 Å². The Bertz CT molecular complexity index is 405. The van der Waals surface area contributed by atoms with Crippen molar-refractivity contribution in [3.05, 3.63) is 29.8 Å². The summed E-state index contributed by atoms with van der Waals surface area (Å²) in [6.07, 6.45) is 0.921. The maximum Gasteiger partial charge on any atom is 0.238 e. The molecule has 1 rings (SSSR count). The minimum absolute atomic E-state index is 0.0117. The van der Waals surface area contributed by atoms with Crippen molar-refractivity contribution in [2.75, 3.05) is 31.6 Å². The third kappa shape index (κ3) is 7.26. The summed E-state index contributed by atoms with van der Waals surface area (Å²) in [5, 5.41) is 6.02. The molecule has 0 fully saturated rings. The van der Waals surface area contributed by atoms with Crippen LogP contribution in [0.5, 0.6) is 0 Å². The fraction of sp³-hybridized carbons (Fsp3) is 0.562. The largest absolute Gasteiger partial charge is 0.381 e. The van der Waals surface area contributed by atoms with E-state index in [0.29, 0.717) is 12.5 Å². The molecule has 0 bridgehead atoms. The molecular formula is C16H26N2O2. The number of rotatable bonds is 9. The fourth-order valence-electron chi connectivity index (χ4n) is 1.73. The Morgan fingerprint density at radius 3 is 2.75 bits per heavy atom. The Kier molecular flexibility index (Phi) is 7.92. The predicted molar refractivity (Wildman–Crippen MR) is 83.0 cm³/mol. The quantitative estimate of drug-likeness (QED) is 0.683. The van der Waals surface area contributed by atoms with Gasteiger partial charge in [0.25, 0.3) is 0 Å². The number of carbonyl (C=O) groups is 1. The second-order valence-electron chi connectivity index (χ2n) is 5.36. The number of para-hydroxylation sites is 1. The van der Waals surface area contributed by atoms with Gasteiger partial charge in [-0.25, -0.2) is 0 Å². The average Bonchev–Trinajstić information content (AvgIpc) is 2.40.